The van der Waals surface area contributed by atoms with Gasteiger partial charge in [0.15, 0.2) is 0 Å². The van der Waals surface area contributed by atoms with Crippen LogP contribution >= 0.6 is 11.6 Å². The normalized spacial score (nSPS) is 21.6. The summed E-state index contributed by atoms with van der Waals surface area (Å²) in [7, 11) is 0. The Morgan fingerprint density at radius 2 is 1.91 bits per heavy atom. The minimum Gasteiger partial charge on any atom is -0.378 e. The highest BCUT2D eigenvalue weighted by molar-refractivity contribution is 6.30. The highest BCUT2D eigenvalue weighted by atomic mass is 35.5. The van der Waals surface area contributed by atoms with E-state index in [0.29, 0.717) is 31.3 Å². The first kappa shape index (κ1) is 15.7. The maximum atomic E-state index is 13.1. The zero-order valence-electron chi connectivity index (χ0n) is 12.6. The second-order valence-corrected chi connectivity index (χ2v) is 6.12. The Hall–Kier alpha value is -1.14. The van der Waals surface area contributed by atoms with Gasteiger partial charge in [0.2, 0.25) is 5.91 Å². The molecule has 1 amide bonds. The number of nitrogens with one attached hydrogen (secondary N) is 1. The van der Waals surface area contributed by atoms with Gasteiger partial charge in [0.25, 0.3) is 0 Å². The second-order valence-electron chi connectivity index (χ2n) is 5.68. The fourth-order valence-electron chi connectivity index (χ4n) is 3.08. The maximum absolute atomic E-state index is 13.1. The van der Waals surface area contributed by atoms with Gasteiger partial charge in [-0.2, -0.15) is 0 Å². The van der Waals surface area contributed by atoms with Gasteiger partial charge < -0.3 is 15.0 Å². The summed E-state index contributed by atoms with van der Waals surface area (Å²) in [5.74, 6) is 0.160. The van der Waals surface area contributed by atoms with E-state index in [1.54, 1.807) is 0 Å². The van der Waals surface area contributed by atoms with Crippen molar-refractivity contribution in [1.29, 1.82) is 0 Å². The van der Waals surface area contributed by atoms with E-state index in [1.165, 1.54) is 0 Å². The molecule has 0 radical (unpaired) electrons. The smallest absolute Gasteiger partial charge is 0.244 e. The van der Waals surface area contributed by atoms with E-state index in [4.69, 9.17) is 16.3 Å². The Balaban J connectivity index is 1.86. The summed E-state index contributed by atoms with van der Waals surface area (Å²) in [6, 6.07) is 7.42. The number of benzene rings is 1. The SMILES string of the molecule is O=C(C(c1cccc(Cl)c1)N1CCNCC1)N1CCOCC1. The highest BCUT2D eigenvalue weighted by Crippen LogP contribution is 2.26. The molecule has 5 nitrogen and oxygen atoms in total. The van der Waals surface area contributed by atoms with Crippen LogP contribution in [-0.2, 0) is 9.53 Å². The van der Waals surface area contributed by atoms with Crippen molar-refractivity contribution < 1.29 is 9.53 Å². The summed E-state index contributed by atoms with van der Waals surface area (Å²) >= 11 is 6.14. The Labute approximate surface area is 136 Å². The lowest BCUT2D eigenvalue weighted by molar-refractivity contribution is -0.141. The number of carbonyl (C=O) groups is 1. The monoisotopic (exact) mass is 323 g/mol. The molecule has 2 fully saturated rings. The lowest BCUT2D eigenvalue weighted by atomic mass is 10.0. The molecule has 2 heterocycles. The molecule has 22 heavy (non-hydrogen) atoms. The number of rotatable bonds is 3. The summed E-state index contributed by atoms with van der Waals surface area (Å²) in [4.78, 5) is 17.2. The van der Waals surface area contributed by atoms with Crippen molar-refractivity contribution in [2.75, 3.05) is 52.5 Å². The first-order chi connectivity index (χ1) is 10.8. The van der Waals surface area contributed by atoms with Gasteiger partial charge in [0.1, 0.15) is 6.04 Å². The van der Waals surface area contributed by atoms with Crippen LogP contribution in [0.5, 0.6) is 0 Å². The number of hydrogen-bond donors (Lipinski definition) is 1. The van der Waals surface area contributed by atoms with Gasteiger partial charge >= 0.3 is 0 Å². The van der Waals surface area contributed by atoms with Crippen molar-refractivity contribution in [3.63, 3.8) is 0 Å². The fourth-order valence-corrected chi connectivity index (χ4v) is 3.28. The third kappa shape index (κ3) is 3.60. The molecule has 1 N–H and O–H groups in total. The number of carbonyl (C=O) groups excluding carboxylic acids is 1. The lowest BCUT2D eigenvalue weighted by Gasteiger charge is -2.38. The first-order valence-electron chi connectivity index (χ1n) is 7.82. The number of piperazine rings is 1. The van der Waals surface area contributed by atoms with Gasteiger partial charge in [-0.15, -0.1) is 0 Å². The number of hydrogen-bond acceptors (Lipinski definition) is 4. The molecule has 1 atom stereocenters. The van der Waals surface area contributed by atoms with Crippen molar-refractivity contribution in [1.82, 2.24) is 15.1 Å². The first-order valence-corrected chi connectivity index (χ1v) is 8.20. The number of ether oxygens (including phenoxy) is 1. The van der Waals surface area contributed by atoms with Crippen LogP contribution in [-0.4, -0.2) is 68.2 Å². The Morgan fingerprint density at radius 3 is 2.59 bits per heavy atom. The quantitative estimate of drug-likeness (QED) is 0.906. The van der Waals surface area contributed by atoms with Gasteiger partial charge in [-0.05, 0) is 17.7 Å². The molecule has 0 spiro atoms. The third-order valence-corrected chi connectivity index (χ3v) is 4.47. The zero-order chi connectivity index (χ0) is 15.4. The Morgan fingerprint density at radius 1 is 1.18 bits per heavy atom. The van der Waals surface area contributed by atoms with Crippen LogP contribution in [0.15, 0.2) is 24.3 Å². The summed E-state index contributed by atoms with van der Waals surface area (Å²) in [5.41, 5.74) is 0.978. The van der Waals surface area contributed by atoms with Crippen LogP contribution in [0, 0.1) is 0 Å². The second kappa shape index (κ2) is 7.42. The molecule has 2 aliphatic rings. The van der Waals surface area contributed by atoms with Crippen molar-refractivity contribution in [3.05, 3.63) is 34.9 Å². The molecule has 0 bridgehead atoms. The predicted molar refractivity (Wildman–Crippen MR) is 86.0 cm³/mol. The summed E-state index contributed by atoms with van der Waals surface area (Å²) in [5, 5.41) is 4.01. The van der Waals surface area contributed by atoms with Crippen LogP contribution in [0.3, 0.4) is 0 Å². The molecule has 1 aromatic carbocycles. The predicted octanol–water partition coefficient (Wildman–Crippen LogP) is 1.15. The van der Waals surface area contributed by atoms with E-state index in [0.717, 1.165) is 31.7 Å². The van der Waals surface area contributed by atoms with Crippen LogP contribution in [0.25, 0.3) is 0 Å². The molecular formula is C16H22ClN3O2. The Kier molecular flexibility index (Phi) is 5.31. The van der Waals surface area contributed by atoms with E-state index in [1.807, 2.05) is 29.2 Å². The molecule has 0 aromatic heterocycles. The maximum Gasteiger partial charge on any atom is 0.244 e. The minimum absolute atomic E-state index is 0.160. The molecule has 6 heteroatoms. The largest absolute Gasteiger partial charge is 0.378 e. The lowest BCUT2D eigenvalue weighted by Crippen LogP contribution is -2.52. The molecule has 0 aliphatic carbocycles. The van der Waals surface area contributed by atoms with Crippen LogP contribution in [0.4, 0.5) is 0 Å². The summed E-state index contributed by atoms with van der Waals surface area (Å²) in [6.07, 6.45) is 0. The molecular weight excluding hydrogens is 302 g/mol. The molecule has 2 aliphatic heterocycles. The molecule has 1 unspecified atom stereocenters. The number of halogens is 1. The van der Waals surface area contributed by atoms with Gasteiger partial charge in [-0.3, -0.25) is 9.69 Å². The van der Waals surface area contributed by atoms with E-state index in [9.17, 15) is 4.79 Å². The standard InChI is InChI=1S/C16H22ClN3O2/c17-14-3-1-2-13(12-14)15(19-6-4-18-5-7-19)16(21)20-8-10-22-11-9-20/h1-3,12,15,18H,4-11H2. The van der Waals surface area contributed by atoms with Gasteiger partial charge in [-0.1, -0.05) is 23.7 Å². The van der Waals surface area contributed by atoms with Crippen molar-refractivity contribution in [3.8, 4) is 0 Å². The van der Waals surface area contributed by atoms with Crippen molar-refractivity contribution in [2.45, 2.75) is 6.04 Å². The van der Waals surface area contributed by atoms with Gasteiger partial charge in [-0.25, -0.2) is 0 Å². The fraction of sp³-hybridized carbons (Fsp3) is 0.562. The average molecular weight is 324 g/mol. The topological polar surface area (TPSA) is 44.8 Å². The van der Waals surface area contributed by atoms with Crippen molar-refractivity contribution >= 4 is 17.5 Å². The molecule has 120 valence electrons. The molecule has 0 saturated carbocycles. The van der Waals surface area contributed by atoms with Crippen LogP contribution in [0.1, 0.15) is 11.6 Å². The van der Waals surface area contributed by atoms with Gasteiger partial charge in [0.05, 0.1) is 13.2 Å². The van der Waals surface area contributed by atoms with Crippen molar-refractivity contribution in [2.24, 2.45) is 0 Å². The Bertz CT molecular complexity index is 514. The number of morpholine rings is 1. The highest BCUT2D eigenvalue weighted by Gasteiger charge is 2.32. The van der Waals surface area contributed by atoms with E-state index >= 15 is 0 Å². The van der Waals surface area contributed by atoms with Gasteiger partial charge in [0, 0.05) is 44.3 Å². The molecule has 3 rings (SSSR count). The minimum atomic E-state index is -0.251. The number of nitrogens with zero attached hydrogens (tertiary/aromatic N) is 2. The zero-order valence-corrected chi connectivity index (χ0v) is 13.4. The van der Waals surface area contributed by atoms with Crippen LogP contribution in [0.2, 0.25) is 5.02 Å². The van der Waals surface area contributed by atoms with E-state index in [-0.39, 0.29) is 11.9 Å². The molecule has 1 aromatic rings. The summed E-state index contributed by atoms with van der Waals surface area (Å²) < 4.78 is 5.36. The third-order valence-electron chi connectivity index (χ3n) is 4.24. The average Bonchev–Trinajstić information content (AvgIpc) is 2.57. The summed E-state index contributed by atoms with van der Waals surface area (Å²) in [6.45, 7) is 6.14. The van der Waals surface area contributed by atoms with Crippen LogP contribution < -0.4 is 5.32 Å². The van der Waals surface area contributed by atoms with E-state index in [2.05, 4.69) is 10.2 Å². The van der Waals surface area contributed by atoms with E-state index < -0.39 is 0 Å². The molecule has 2 saturated heterocycles. The number of amides is 1.